The summed E-state index contributed by atoms with van der Waals surface area (Å²) in [5.41, 5.74) is 5.58. The van der Waals surface area contributed by atoms with Crippen LogP contribution in [0.25, 0.3) is 0 Å². The number of nitrogens with one attached hydrogen (secondary N) is 1. The lowest BCUT2D eigenvalue weighted by atomic mass is 9.93. The molecule has 1 fully saturated rings. The molecular formula is C17H25ClN4O4. The zero-order valence-corrected chi connectivity index (χ0v) is 16.2. The van der Waals surface area contributed by atoms with Crippen LogP contribution in [0.5, 0.6) is 0 Å². The molecule has 0 spiro atoms. The fourth-order valence-corrected chi connectivity index (χ4v) is 2.79. The number of hydrogen-bond acceptors (Lipinski definition) is 5. The normalized spacial score (nSPS) is 21.4. The van der Waals surface area contributed by atoms with Crippen LogP contribution in [-0.4, -0.2) is 46.0 Å². The molecule has 144 valence electrons. The number of nitrogens with two attached hydrogens (primary N) is 1. The highest BCUT2D eigenvalue weighted by atomic mass is 35.5. The Morgan fingerprint density at radius 1 is 1.38 bits per heavy atom. The van der Waals surface area contributed by atoms with Crippen LogP contribution in [0.15, 0.2) is 17.4 Å². The number of H-pyrrole nitrogens is 1. The van der Waals surface area contributed by atoms with Crippen molar-refractivity contribution in [1.82, 2.24) is 9.88 Å². The Balaban J connectivity index is 1.98. The number of likely N-dealkylation sites (tertiary alicyclic amines) is 1. The molecule has 0 unspecified atom stereocenters. The van der Waals surface area contributed by atoms with Gasteiger partial charge in [-0.15, -0.1) is 0 Å². The summed E-state index contributed by atoms with van der Waals surface area (Å²) in [6.45, 7) is 7.77. The van der Waals surface area contributed by atoms with Gasteiger partial charge >= 0.3 is 12.1 Å². The SMILES string of the molecule is C[C@@H]1CC[C@H](/C(N)=N/OC(=O)c2cc(Cl)c[nH]2)CN1C(=O)OC(C)(C)C. The third-order valence-electron chi connectivity index (χ3n) is 4.03. The van der Waals surface area contributed by atoms with Crippen molar-refractivity contribution in [3.63, 3.8) is 0 Å². The monoisotopic (exact) mass is 384 g/mol. The van der Waals surface area contributed by atoms with Crippen LogP contribution in [0.1, 0.15) is 51.0 Å². The Labute approximate surface area is 157 Å². The van der Waals surface area contributed by atoms with Crippen molar-refractivity contribution in [2.75, 3.05) is 6.54 Å². The first-order valence-electron chi connectivity index (χ1n) is 8.45. The molecule has 8 nitrogen and oxygen atoms in total. The molecule has 1 amide bonds. The van der Waals surface area contributed by atoms with Gasteiger partial charge < -0.3 is 25.2 Å². The Bertz CT molecular complexity index is 695. The number of halogens is 1. The van der Waals surface area contributed by atoms with Crippen LogP contribution >= 0.6 is 11.6 Å². The minimum Gasteiger partial charge on any atom is -0.444 e. The first-order valence-corrected chi connectivity index (χ1v) is 8.83. The van der Waals surface area contributed by atoms with Crippen LogP contribution in [-0.2, 0) is 9.57 Å². The predicted molar refractivity (Wildman–Crippen MR) is 98.0 cm³/mol. The molecule has 2 atom stereocenters. The van der Waals surface area contributed by atoms with Gasteiger partial charge in [-0.05, 0) is 46.6 Å². The zero-order chi connectivity index (χ0) is 19.5. The minimum absolute atomic E-state index is 0.0394. The molecule has 26 heavy (non-hydrogen) atoms. The summed E-state index contributed by atoms with van der Waals surface area (Å²) in [5, 5.41) is 4.12. The third-order valence-corrected chi connectivity index (χ3v) is 4.25. The average Bonchev–Trinajstić information content (AvgIpc) is 2.97. The maximum absolute atomic E-state index is 12.4. The Hall–Kier alpha value is -2.22. The standard InChI is InChI=1S/C17H25ClN4O4/c1-10-5-6-11(9-22(10)16(24)25-17(2,3)4)14(19)21-26-15(23)13-7-12(18)8-20-13/h7-8,10-11,20H,5-6,9H2,1-4H3,(H2,19,21)/t10-,11+/m1/s1. The van der Waals surface area contributed by atoms with Gasteiger partial charge in [-0.25, -0.2) is 9.59 Å². The maximum Gasteiger partial charge on any atom is 0.410 e. The number of amides is 1. The summed E-state index contributed by atoms with van der Waals surface area (Å²) < 4.78 is 5.44. The summed E-state index contributed by atoms with van der Waals surface area (Å²) in [6.07, 6.45) is 2.56. The topological polar surface area (TPSA) is 110 Å². The Kier molecular flexibility index (Phi) is 6.17. The number of nitrogens with zero attached hydrogens (tertiary/aromatic N) is 2. The molecule has 1 aromatic rings. The number of rotatable bonds is 3. The highest BCUT2D eigenvalue weighted by Crippen LogP contribution is 2.24. The molecule has 9 heteroatoms. The van der Waals surface area contributed by atoms with Crippen molar-refractivity contribution in [2.24, 2.45) is 16.8 Å². The number of aromatic nitrogens is 1. The molecule has 2 rings (SSSR count). The zero-order valence-electron chi connectivity index (χ0n) is 15.4. The highest BCUT2D eigenvalue weighted by Gasteiger charge is 2.33. The van der Waals surface area contributed by atoms with E-state index >= 15 is 0 Å². The lowest BCUT2D eigenvalue weighted by Gasteiger charge is -2.38. The van der Waals surface area contributed by atoms with Gasteiger partial charge in [-0.1, -0.05) is 16.8 Å². The van der Waals surface area contributed by atoms with Crippen LogP contribution in [0.4, 0.5) is 4.79 Å². The Morgan fingerprint density at radius 2 is 2.08 bits per heavy atom. The van der Waals surface area contributed by atoms with Crippen LogP contribution in [0, 0.1) is 5.92 Å². The van der Waals surface area contributed by atoms with Crippen molar-refractivity contribution < 1.29 is 19.2 Å². The van der Waals surface area contributed by atoms with E-state index in [0.717, 1.165) is 12.8 Å². The molecule has 1 aliphatic rings. The van der Waals surface area contributed by atoms with Crippen molar-refractivity contribution in [3.8, 4) is 0 Å². The van der Waals surface area contributed by atoms with E-state index in [1.165, 1.54) is 12.3 Å². The second kappa shape index (κ2) is 7.99. The molecule has 2 heterocycles. The molecule has 0 bridgehead atoms. The number of carbonyl (C=O) groups is 2. The van der Waals surface area contributed by atoms with Gasteiger partial charge in [0, 0.05) is 24.7 Å². The second-order valence-corrected chi connectivity index (χ2v) is 7.82. The van der Waals surface area contributed by atoms with Crippen LogP contribution in [0.3, 0.4) is 0 Å². The van der Waals surface area contributed by atoms with E-state index in [9.17, 15) is 9.59 Å². The van der Waals surface area contributed by atoms with Crippen molar-refractivity contribution >= 4 is 29.5 Å². The number of ether oxygens (including phenoxy) is 1. The molecule has 0 aliphatic carbocycles. The second-order valence-electron chi connectivity index (χ2n) is 7.38. The average molecular weight is 385 g/mol. The van der Waals surface area contributed by atoms with E-state index in [1.807, 2.05) is 27.7 Å². The fraction of sp³-hybridized carbons (Fsp3) is 0.588. The summed E-state index contributed by atoms with van der Waals surface area (Å²) >= 11 is 5.75. The van der Waals surface area contributed by atoms with Crippen LogP contribution in [0.2, 0.25) is 5.02 Å². The van der Waals surface area contributed by atoms with E-state index < -0.39 is 11.6 Å². The highest BCUT2D eigenvalue weighted by molar-refractivity contribution is 6.30. The van der Waals surface area contributed by atoms with E-state index in [4.69, 9.17) is 26.9 Å². The van der Waals surface area contributed by atoms with E-state index in [1.54, 1.807) is 4.90 Å². The fourth-order valence-electron chi connectivity index (χ4n) is 2.63. The van der Waals surface area contributed by atoms with Crippen LogP contribution < -0.4 is 5.73 Å². The number of hydrogen-bond donors (Lipinski definition) is 2. The van der Waals surface area contributed by atoms with E-state index in [0.29, 0.717) is 11.6 Å². The lowest BCUT2D eigenvalue weighted by Crippen LogP contribution is -2.50. The number of piperidine rings is 1. The molecule has 3 N–H and O–H groups in total. The molecular weight excluding hydrogens is 360 g/mol. The summed E-state index contributed by atoms with van der Waals surface area (Å²) in [5.74, 6) is -0.733. The predicted octanol–water partition coefficient (Wildman–Crippen LogP) is 3.13. The first kappa shape index (κ1) is 20.1. The lowest BCUT2D eigenvalue weighted by molar-refractivity contribution is 0.00868. The number of carbonyl (C=O) groups excluding carboxylic acids is 2. The maximum atomic E-state index is 12.4. The quantitative estimate of drug-likeness (QED) is 0.360. The van der Waals surface area contributed by atoms with E-state index in [2.05, 4.69) is 10.1 Å². The van der Waals surface area contributed by atoms with Crippen molar-refractivity contribution in [1.29, 1.82) is 0 Å². The molecule has 1 aromatic heterocycles. The van der Waals surface area contributed by atoms with Gasteiger partial charge in [0.25, 0.3) is 0 Å². The number of oxime groups is 1. The van der Waals surface area contributed by atoms with Gasteiger partial charge in [-0.2, -0.15) is 0 Å². The molecule has 0 aromatic carbocycles. The number of aromatic amines is 1. The summed E-state index contributed by atoms with van der Waals surface area (Å²) in [4.78, 5) is 33.4. The van der Waals surface area contributed by atoms with Gasteiger partial charge in [0.05, 0.1) is 5.02 Å². The first-order chi connectivity index (χ1) is 12.1. The Morgan fingerprint density at radius 3 is 2.65 bits per heavy atom. The summed E-state index contributed by atoms with van der Waals surface area (Å²) in [7, 11) is 0. The molecule has 0 saturated carbocycles. The summed E-state index contributed by atoms with van der Waals surface area (Å²) in [6, 6.07) is 1.47. The smallest absolute Gasteiger partial charge is 0.410 e. The molecule has 1 saturated heterocycles. The minimum atomic E-state index is -0.687. The van der Waals surface area contributed by atoms with E-state index in [-0.39, 0.29) is 29.6 Å². The van der Waals surface area contributed by atoms with Gasteiger partial charge in [-0.3, -0.25) is 0 Å². The molecule has 1 aliphatic heterocycles. The molecule has 0 radical (unpaired) electrons. The van der Waals surface area contributed by atoms with Crippen molar-refractivity contribution in [3.05, 3.63) is 23.0 Å². The van der Waals surface area contributed by atoms with Crippen molar-refractivity contribution in [2.45, 2.75) is 52.2 Å². The van der Waals surface area contributed by atoms with Gasteiger partial charge in [0.15, 0.2) is 0 Å². The number of amidine groups is 1. The third kappa shape index (κ3) is 5.39. The van der Waals surface area contributed by atoms with Gasteiger partial charge in [0.1, 0.15) is 17.1 Å². The van der Waals surface area contributed by atoms with Gasteiger partial charge in [0.2, 0.25) is 0 Å². The largest absolute Gasteiger partial charge is 0.444 e.